The number of alkyl halides is 3. The summed E-state index contributed by atoms with van der Waals surface area (Å²) in [7, 11) is 0. The molecule has 4 aliphatic carbocycles. The molecule has 1 aromatic rings. The normalized spacial score (nSPS) is 45.2. The zero-order chi connectivity index (χ0) is 27.3. The van der Waals surface area contributed by atoms with Gasteiger partial charge in [-0.05, 0) is 68.0 Å². The van der Waals surface area contributed by atoms with Gasteiger partial charge in [0.2, 0.25) is 5.12 Å². The molecule has 0 amide bonds. The lowest BCUT2D eigenvalue weighted by Crippen LogP contribution is -2.70. The van der Waals surface area contributed by atoms with Crippen molar-refractivity contribution in [3.05, 3.63) is 53.9 Å². The van der Waals surface area contributed by atoms with Crippen molar-refractivity contribution in [2.75, 3.05) is 17.6 Å². The summed E-state index contributed by atoms with van der Waals surface area (Å²) < 4.78 is 60.6. The summed E-state index contributed by atoms with van der Waals surface area (Å²) in [6.45, 7) is 3.43. The van der Waals surface area contributed by atoms with Crippen LogP contribution in [0.2, 0.25) is 0 Å². The number of hydrogen-bond donors (Lipinski definition) is 1. The second-order valence-electron chi connectivity index (χ2n) is 11.7. The topological polar surface area (TPSA) is 66.8 Å². The van der Waals surface area contributed by atoms with Crippen molar-refractivity contribution < 1.29 is 37.1 Å². The zero-order valence-corrected chi connectivity index (χ0v) is 21.8. The van der Waals surface area contributed by atoms with Crippen LogP contribution in [0, 0.1) is 34.4 Å². The molecule has 6 rings (SSSR count). The highest BCUT2D eigenvalue weighted by Crippen LogP contribution is 2.73. The van der Waals surface area contributed by atoms with Gasteiger partial charge in [-0.1, -0.05) is 30.8 Å². The lowest BCUT2D eigenvalue weighted by Gasteiger charge is -2.63. The van der Waals surface area contributed by atoms with Gasteiger partial charge in [-0.3, -0.25) is 19.5 Å². The lowest BCUT2D eigenvalue weighted by molar-refractivity contribution is -0.225. The summed E-state index contributed by atoms with van der Waals surface area (Å²) in [5, 5.41) is 12.4. The van der Waals surface area contributed by atoms with Crippen LogP contribution < -0.4 is 5.06 Å². The van der Waals surface area contributed by atoms with E-state index < -0.39 is 74.9 Å². The fourth-order valence-corrected chi connectivity index (χ4v) is 9.28. The van der Waals surface area contributed by atoms with E-state index in [1.807, 2.05) is 0 Å². The summed E-state index contributed by atoms with van der Waals surface area (Å²) in [5.41, 5.74) is -6.21. The molecule has 0 radical (unpaired) electrons. The number of rotatable bonds is 3. The van der Waals surface area contributed by atoms with E-state index in [0.717, 1.165) is 6.08 Å². The van der Waals surface area contributed by atoms with Gasteiger partial charge in [0.25, 0.3) is 0 Å². The molecule has 5 nitrogen and oxygen atoms in total. The smallest absolute Gasteiger partial charge is 0.226 e. The van der Waals surface area contributed by atoms with E-state index >= 15 is 8.78 Å². The summed E-state index contributed by atoms with van der Waals surface area (Å²) in [6.07, 6.45) is 0.353. The minimum Gasteiger partial charge on any atom is -0.390 e. The van der Waals surface area contributed by atoms with Gasteiger partial charge in [0.05, 0.1) is 18.3 Å². The standard InChI is InChI=1S/C28H29F4NO4S/c1-25-7-6-18(34)10-21(25)22(31)11-20-19-8-15-13-33(17-5-3-4-16(30)9-17)37-28(15,24(36)38-14-29)26(19,2)12-23(35)27(20,25)32/h3-7,9-10,15,19-20,22-23,35H,8,11-14H2,1-2H3/t15-,19-,20-,22-,23-,25-,26?,27-,28-/m0/s1. The molecule has 3 saturated carbocycles. The number of benzene rings is 1. The van der Waals surface area contributed by atoms with Crippen molar-refractivity contribution in [2.45, 2.75) is 56.7 Å². The molecule has 1 saturated heterocycles. The van der Waals surface area contributed by atoms with Crippen LogP contribution in [-0.4, -0.2) is 52.1 Å². The molecule has 1 unspecified atom stereocenters. The van der Waals surface area contributed by atoms with Gasteiger partial charge >= 0.3 is 0 Å². The number of thioether (sulfide) groups is 1. The van der Waals surface area contributed by atoms with Crippen LogP contribution in [0.15, 0.2) is 48.1 Å². The third-order valence-electron chi connectivity index (χ3n) is 10.2. The van der Waals surface area contributed by atoms with E-state index in [1.165, 1.54) is 42.3 Å². The molecule has 1 aromatic carbocycles. The van der Waals surface area contributed by atoms with E-state index in [1.54, 1.807) is 13.0 Å². The van der Waals surface area contributed by atoms with Gasteiger partial charge in [-0.15, -0.1) is 0 Å². The van der Waals surface area contributed by atoms with E-state index in [9.17, 15) is 23.5 Å². The first-order valence-electron chi connectivity index (χ1n) is 12.8. The Morgan fingerprint density at radius 1 is 1.26 bits per heavy atom. The number of fused-ring (bicyclic) bond motifs is 7. The monoisotopic (exact) mass is 551 g/mol. The van der Waals surface area contributed by atoms with Crippen molar-refractivity contribution in [3.8, 4) is 0 Å². The van der Waals surface area contributed by atoms with Gasteiger partial charge < -0.3 is 5.11 Å². The molecular weight excluding hydrogens is 522 g/mol. The van der Waals surface area contributed by atoms with Crippen molar-refractivity contribution >= 4 is 28.3 Å². The van der Waals surface area contributed by atoms with Gasteiger partial charge in [-0.25, -0.2) is 17.6 Å². The van der Waals surface area contributed by atoms with E-state index in [-0.39, 0.29) is 31.4 Å². The number of aliphatic hydroxyl groups is 1. The molecule has 10 heteroatoms. The fourth-order valence-electron chi connectivity index (χ4n) is 8.53. The second kappa shape index (κ2) is 8.41. The molecule has 4 fully saturated rings. The van der Waals surface area contributed by atoms with Crippen molar-refractivity contribution in [1.29, 1.82) is 0 Å². The molecule has 38 heavy (non-hydrogen) atoms. The molecule has 0 spiro atoms. The number of halogens is 4. The first kappa shape index (κ1) is 26.1. The third kappa shape index (κ3) is 3.08. The fraction of sp³-hybridized carbons (Fsp3) is 0.571. The van der Waals surface area contributed by atoms with Gasteiger partial charge in [-0.2, -0.15) is 0 Å². The highest BCUT2D eigenvalue weighted by molar-refractivity contribution is 8.13. The number of hydrogen-bond acceptors (Lipinski definition) is 6. The summed E-state index contributed by atoms with van der Waals surface area (Å²) in [6, 6.07) is 4.70. The maximum absolute atomic E-state index is 17.4. The van der Waals surface area contributed by atoms with E-state index in [4.69, 9.17) is 4.84 Å². The number of carbonyl (C=O) groups excluding carboxylic acids is 2. The minimum absolute atomic E-state index is 0.0249. The molecule has 1 aliphatic heterocycles. The molecule has 1 N–H and O–H groups in total. The molecule has 0 bridgehead atoms. The average molecular weight is 552 g/mol. The Hall–Kier alpha value is -2.17. The molecular formula is C28H29F4NO4S. The quantitative estimate of drug-likeness (QED) is 0.531. The maximum Gasteiger partial charge on any atom is 0.226 e. The van der Waals surface area contributed by atoms with Gasteiger partial charge in [0.1, 0.15) is 18.0 Å². The van der Waals surface area contributed by atoms with Crippen molar-refractivity contribution in [1.82, 2.24) is 0 Å². The van der Waals surface area contributed by atoms with Crippen LogP contribution in [-0.2, 0) is 14.4 Å². The van der Waals surface area contributed by atoms with Gasteiger partial charge in [0.15, 0.2) is 17.1 Å². The highest BCUT2D eigenvalue weighted by Gasteiger charge is 2.79. The zero-order valence-electron chi connectivity index (χ0n) is 21.0. The van der Waals surface area contributed by atoms with Gasteiger partial charge in [0, 0.05) is 22.7 Å². The summed E-state index contributed by atoms with van der Waals surface area (Å²) >= 11 is 0.460. The Kier molecular flexibility index (Phi) is 5.77. The first-order chi connectivity index (χ1) is 17.9. The Morgan fingerprint density at radius 2 is 2.03 bits per heavy atom. The van der Waals surface area contributed by atoms with E-state index in [0.29, 0.717) is 17.4 Å². The van der Waals surface area contributed by atoms with Crippen LogP contribution in [0.4, 0.5) is 23.2 Å². The van der Waals surface area contributed by atoms with Crippen molar-refractivity contribution in [3.63, 3.8) is 0 Å². The predicted molar refractivity (Wildman–Crippen MR) is 134 cm³/mol. The predicted octanol–water partition coefficient (Wildman–Crippen LogP) is 5.05. The molecule has 204 valence electrons. The summed E-state index contributed by atoms with van der Waals surface area (Å²) in [4.78, 5) is 32.1. The molecule has 9 atom stereocenters. The Morgan fingerprint density at radius 3 is 2.74 bits per heavy atom. The lowest BCUT2D eigenvalue weighted by atomic mass is 9.44. The van der Waals surface area contributed by atoms with E-state index in [2.05, 4.69) is 0 Å². The second-order valence-corrected chi connectivity index (χ2v) is 12.6. The van der Waals surface area contributed by atoms with Crippen LogP contribution in [0.3, 0.4) is 0 Å². The number of ketones is 1. The summed E-state index contributed by atoms with van der Waals surface area (Å²) in [5.74, 6) is -2.99. The molecule has 5 aliphatic rings. The maximum atomic E-state index is 17.4. The average Bonchev–Trinajstić information content (AvgIpc) is 3.36. The number of hydroxylamine groups is 1. The first-order valence-corrected chi connectivity index (χ1v) is 13.8. The molecule has 0 aromatic heterocycles. The Bertz CT molecular complexity index is 1270. The Labute approximate surface area is 222 Å². The van der Waals surface area contributed by atoms with Crippen molar-refractivity contribution in [2.24, 2.45) is 28.6 Å². The number of anilines is 1. The minimum atomic E-state index is -2.29. The third-order valence-corrected chi connectivity index (χ3v) is 10.9. The number of nitrogens with zero attached hydrogens (tertiary/aromatic N) is 1. The number of carbonyl (C=O) groups is 2. The van der Waals surface area contributed by atoms with Crippen LogP contribution in [0.5, 0.6) is 0 Å². The van der Waals surface area contributed by atoms with Crippen LogP contribution in [0.1, 0.15) is 33.1 Å². The molecule has 1 heterocycles. The highest BCUT2D eigenvalue weighted by atomic mass is 32.2. The number of allylic oxidation sites excluding steroid dienone is 4. The van der Waals surface area contributed by atoms with Crippen LogP contribution >= 0.6 is 11.8 Å². The SMILES string of the molecule is CC12C[C@H](O)[C@@]3(F)[C@@H](C[C@H](F)C4=CC(=O)C=C[C@@]43C)[C@@H]1C[C@H]1CN(c3cccc(F)c3)O[C@]12C(=O)SCF. The Balaban J connectivity index is 1.45. The largest absolute Gasteiger partial charge is 0.390 e. The number of aliphatic hydroxyl groups excluding tert-OH is 1. The van der Waals surface area contributed by atoms with Crippen LogP contribution in [0.25, 0.3) is 0 Å².